The van der Waals surface area contributed by atoms with Gasteiger partial charge in [-0.25, -0.2) is 0 Å². The fourth-order valence-corrected chi connectivity index (χ4v) is 1.66. The van der Waals surface area contributed by atoms with Crippen molar-refractivity contribution in [3.63, 3.8) is 0 Å². The molecule has 0 heterocycles. The van der Waals surface area contributed by atoms with E-state index in [0.29, 0.717) is 18.1 Å². The average Bonchev–Trinajstić information content (AvgIpc) is 2.05. The molecule has 0 aromatic heterocycles. The molecule has 2 heteroatoms. The van der Waals surface area contributed by atoms with Crippen molar-refractivity contribution in [1.29, 1.82) is 0 Å². The minimum absolute atomic E-state index is 0.330. The van der Waals surface area contributed by atoms with Crippen LogP contribution in [0.25, 0.3) is 0 Å². The summed E-state index contributed by atoms with van der Waals surface area (Å²) in [4.78, 5) is 21.2. The van der Waals surface area contributed by atoms with Crippen molar-refractivity contribution in [2.24, 2.45) is 5.92 Å². The number of Topliss-reactive ketones (excluding diaryl/α,β-unsaturated/α-hetero) is 1. The van der Waals surface area contributed by atoms with Crippen molar-refractivity contribution in [3.05, 3.63) is 11.6 Å². The Labute approximate surface area is 72.7 Å². The van der Waals surface area contributed by atoms with Crippen molar-refractivity contribution in [3.8, 4) is 0 Å². The van der Waals surface area contributed by atoms with Crippen LogP contribution in [0.4, 0.5) is 0 Å². The zero-order valence-corrected chi connectivity index (χ0v) is 7.38. The topological polar surface area (TPSA) is 34.1 Å². The molecule has 0 spiro atoms. The van der Waals surface area contributed by atoms with Crippen molar-refractivity contribution >= 4 is 12.1 Å². The molecule has 0 aromatic rings. The van der Waals surface area contributed by atoms with E-state index in [4.69, 9.17) is 0 Å². The number of hydrogen-bond donors (Lipinski definition) is 0. The Hall–Kier alpha value is -0.920. The Morgan fingerprint density at radius 1 is 1.58 bits per heavy atom. The van der Waals surface area contributed by atoms with Crippen LogP contribution in [0.5, 0.6) is 0 Å². The third kappa shape index (κ3) is 2.29. The van der Waals surface area contributed by atoms with Crippen LogP contribution >= 0.6 is 0 Å². The molecule has 66 valence electrons. The molecule has 0 saturated heterocycles. The van der Waals surface area contributed by atoms with Crippen LogP contribution in [0.2, 0.25) is 0 Å². The molecule has 0 amide bonds. The Balaban J connectivity index is 2.56. The van der Waals surface area contributed by atoms with Crippen molar-refractivity contribution in [2.45, 2.75) is 32.6 Å². The molecule has 12 heavy (non-hydrogen) atoms. The minimum Gasteiger partial charge on any atom is -0.300 e. The van der Waals surface area contributed by atoms with Crippen LogP contribution in [0.1, 0.15) is 32.6 Å². The fourth-order valence-electron chi connectivity index (χ4n) is 1.66. The Morgan fingerprint density at radius 3 is 2.92 bits per heavy atom. The van der Waals surface area contributed by atoms with E-state index in [1.54, 1.807) is 6.08 Å². The first-order chi connectivity index (χ1) is 5.74. The summed E-state index contributed by atoms with van der Waals surface area (Å²) in [5.41, 5.74) is 1.05. The van der Waals surface area contributed by atoms with Crippen molar-refractivity contribution in [1.82, 2.24) is 0 Å². The number of carbonyl (C=O) groups excluding carboxylic acids is 2. The number of allylic oxidation sites excluding steroid dienone is 2. The zero-order chi connectivity index (χ0) is 8.97. The van der Waals surface area contributed by atoms with Crippen LogP contribution in [-0.2, 0) is 9.59 Å². The van der Waals surface area contributed by atoms with Gasteiger partial charge in [0.2, 0.25) is 0 Å². The summed E-state index contributed by atoms with van der Waals surface area (Å²) >= 11 is 0. The number of ketones is 1. The number of aldehydes is 1. The summed E-state index contributed by atoms with van der Waals surface area (Å²) in [6, 6.07) is 0. The predicted molar refractivity (Wildman–Crippen MR) is 46.8 cm³/mol. The third-order valence-electron chi connectivity index (χ3n) is 2.46. The molecule has 1 rings (SSSR count). The lowest BCUT2D eigenvalue weighted by molar-refractivity contribution is -0.121. The largest absolute Gasteiger partial charge is 0.300 e. The van der Waals surface area contributed by atoms with Crippen molar-refractivity contribution < 1.29 is 9.59 Å². The minimum atomic E-state index is 0.330. The normalized spacial score (nSPS) is 25.6. The number of hydrogen-bond acceptors (Lipinski definition) is 2. The van der Waals surface area contributed by atoms with E-state index in [1.165, 1.54) is 0 Å². The fraction of sp³-hybridized carbons (Fsp3) is 0.600. The van der Waals surface area contributed by atoms with Crippen molar-refractivity contribution in [2.75, 3.05) is 0 Å². The average molecular weight is 166 g/mol. The van der Waals surface area contributed by atoms with E-state index in [-0.39, 0.29) is 0 Å². The van der Waals surface area contributed by atoms with Crippen LogP contribution in [0, 0.1) is 5.92 Å². The summed E-state index contributed by atoms with van der Waals surface area (Å²) in [5, 5.41) is 0. The summed E-state index contributed by atoms with van der Waals surface area (Å²) in [7, 11) is 0. The molecule has 1 aliphatic carbocycles. The lowest BCUT2D eigenvalue weighted by Gasteiger charge is -2.20. The van der Waals surface area contributed by atoms with E-state index in [9.17, 15) is 9.59 Å². The first-order valence-corrected chi connectivity index (χ1v) is 4.37. The molecule has 0 radical (unpaired) electrons. The van der Waals surface area contributed by atoms with Gasteiger partial charge in [0.15, 0.2) is 0 Å². The first-order valence-electron chi connectivity index (χ1n) is 4.37. The van der Waals surface area contributed by atoms with Gasteiger partial charge >= 0.3 is 0 Å². The van der Waals surface area contributed by atoms with Gasteiger partial charge in [0, 0.05) is 12.8 Å². The lowest BCUT2D eigenvalue weighted by Crippen LogP contribution is -2.15. The van der Waals surface area contributed by atoms with Gasteiger partial charge in [0.05, 0.1) is 0 Å². The second kappa shape index (κ2) is 4.19. The number of carbonyl (C=O) groups is 2. The Morgan fingerprint density at radius 2 is 2.33 bits per heavy atom. The van der Waals surface area contributed by atoms with Crippen LogP contribution in [0.15, 0.2) is 11.6 Å². The smallest absolute Gasteiger partial charge is 0.142 e. The maximum Gasteiger partial charge on any atom is 0.142 e. The molecule has 0 bridgehead atoms. The van der Waals surface area contributed by atoms with Gasteiger partial charge in [-0.05, 0) is 31.8 Å². The molecule has 1 saturated carbocycles. The highest BCUT2D eigenvalue weighted by Gasteiger charge is 2.20. The molecular formula is C10H14O2. The third-order valence-corrected chi connectivity index (χ3v) is 2.46. The van der Waals surface area contributed by atoms with Gasteiger partial charge in [-0.3, -0.25) is 9.59 Å². The molecule has 1 atom stereocenters. The van der Waals surface area contributed by atoms with Gasteiger partial charge in [-0.2, -0.15) is 0 Å². The van der Waals surface area contributed by atoms with Crippen LogP contribution in [-0.4, -0.2) is 12.1 Å². The summed E-state index contributed by atoms with van der Waals surface area (Å²) in [6.07, 6.45) is 5.77. The molecule has 0 aromatic carbocycles. The SMILES string of the molecule is CC(=CC=O)C1CCCC(=O)C1. The van der Waals surface area contributed by atoms with Crippen LogP contribution < -0.4 is 0 Å². The van der Waals surface area contributed by atoms with Gasteiger partial charge in [0.25, 0.3) is 0 Å². The first kappa shape index (κ1) is 9.17. The van der Waals surface area contributed by atoms with E-state index < -0.39 is 0 Å². The molecule has 0 aliphatic heterocycles. The Kier molecular flexibility index (Phi) is 3.20. The molecular weight excluding hydrogens is 152 g/mol. The van der Waals surface area contributed by atoms with Gasteiger partial charge in [0.1, 0.15) is 12.1 Å². The molecule has 0 N–H and O–H groups in total. The summed E-state index contributed by atoms with van der Waals surface area (Å²) in [5.74, 6) is 0.668. The van der Waals surface area contributed by atoms with Gasteiger partial charge < -0.3 is 0 Å². The maximum atomic E-state index is 11.1. The highest BCUT2D eigenvalue weighted by atomic mass is 16.1. The Bertz CT molecular complexity index is 216. The van der Waals surface area contributed by atoms with E-state index >= 15 is 0 Å². The standard InChI is InChI=1S/C10H14O2/c1-8(5-6-11)9-3-2-4-10(12)7-9/h5-6,9H,2-4,7H2,1H3. The maximum absolute atomic E-state index is 11.1. The quantitative estimate of drug-likeness (QED) is 0.463. The molecule has 2 nitrogen and oxygen atoms in total. The monoisotopic (exact) mass is 166 g/mol. The highest BCUT2D eigenvalue weighted by Crippen LogP contribution is 2.26. The summed E-state index contributed by atoms with van der Waals surface area (Å²) < 4.78 is 0. The van der Waals surface area contributed by atoms with E-state index in [1.807, 2.05) is 6.92 Å². The zero-order valence-electron chi connectivity index (χ0n) is 7.38. The van der Waals surface area contributed by atoms with E-state index in [0.717, 1.165) is 31.1 Å². The molecule has 1 unspecified atom stereocenters. The second-order valence-corrected chi connectivity index (χ2v) is 3.38. The second-order valence-electron chi connectivity index (χ2n) is 3.38. The lowest BCUT2D eigenvalue weighted by atomic mass is 9.83. The number of rotatable bonds is 2. The molecule has 1 aliphatic rings. The van der Waals surface area contributed by atoms with Crippen LogP contribution in [0.3, 0.4) is 0 Å². The summed E-state index contributed by atoms with van der Waals surface area (Å²) in [6.45, 7) is 1.93. The highest BCUT2D eigenvalue weighted by molar-refractivity contribution is 5.80. The van der Waals surface area contributed by atoms with Gasteiger partial charge in [-0.15, -0.1) is 0 Å². The van der Waals surface area contributed by atoms with E-state index in [2.05, 4.69) is 0 Å². The van der Waals surface area contributed by atoms with Gasteiger partial charge in [-0.1, -0.05) is 5.57 Å². The molecule has 1 fully saturated rings. The predicted octanol–water partition coefficient (Wildman–Crippen LogP) is 1.89.